The van der Waals surface area contributed by atoms with Crippen LogP contribution in [0.3, 0.4) is 0 Å². The van der Waals surface area contributed by atoms with E-state index in [2.05, 4.69) is 46.2 Å². The van der Waals surface area contributed by atoms with E-state index in [9.17, 15) is 0 Å². The van der Waals surface area contributed by atoms with E-state index in [0.717, 1.165) is 25.0 Å². The predicted molar refractivity (Wildman–Crippen MR) is 83.4 cm³/mol. The number of ether oxygens (including phenoxy) is 1. The second-order valence-electron chi connectivity index (χ2n) is 6.84. The first-order valence-electron chi connectivity index (χ1n) is 7.61. The van der Waals surface area contributed by atoms with Gasteiger partial charge in [0, 0.05) is 17.7 Å². The lowest BCUT2D eigenvalue weighted by Gasteiger charge is -2.28. The maximum absolute atomic E-state index is 6.23. The molecule has 1 aromatic rings. The molecule has 1 unspecified atom stereocenters. The van der Waals surface area contributed by atoms with Crippen LogP contribution in [0, 0.1) is 0 Å². The first-order chi connectivity index (χ1) is 9.25. The average Bonchev–Trinajstić information content (AvgIpc) is 2.81. The van der Waals surface area contributed by atoms with Gasteiger partial charge in [0.15, 0.2) is 0 Å². The molecule has 20 heavy (non-hydrogen) atoms. The van der Waals surface area contributed by atoms with E-state index >= 15 is 0 Å². The van der Waals surface area contributed by atoms with Gasteiger partial charge in [-0.25, -0.2) is 0 Å². The summed E-state index contributed by atoms with van der Waals surface area (Å²) in [6.07, 6.45) is 2.88. The highest BCUT2D eigenvalue weighted by Crippen LogP contribution is 2.45. The topological polar surface area (TPSA) is 27.1 Å². The number of hydrogen-bond acceptors (Lipinski definition) is 2. The maximum Gasteiger partial charge on any atom is 0.0858 e. The molecular formula is C16H27ClN2O. The van der Waals surface area contributed by atoms with E-state index in [-0.39, 0.29) is 17.2 Å². The molecule has 1 fully saturated rings. The zero-order valence-corrected chi connectivity index (χ0v) is 14.3. The van der Waals surface area contributed by atoms with Gasteiger partial charge in [-0.2, -0.15) is 5.10 Å². The number of nitrogens with zero attached hydrogens (tertiary/aromatic N) is 2. The summed E-state index contributed by atoms with van der Waals surface area (Å²) in [7, 11) is 0. The van der Waals surface area contributed by atoms with E-state index in [1.807, 2.05) is 0 Å². The van der Waals surface area contributed by atoms with Crippen molar-refractivity contribution in [3.63, 3.8) is 0 Å². The van der Waals surface area contributed by atoms with Crippen molar-refractivity contribution in [2.75, 3.05) is 0 Å². The zero-order chi connectivity index (χ0) is 15.1. The Morgan fingerprint density at radius 2 is 1.90 bits per heavy atom. The lowest BCUT2D eigenvalue weighted by molar-refractivity contribution is -0.0739. The first-order valence-corrected chi connectivity index (χ1v) is 8.14. The Hall–Kier alpha value is -0.540. The molecule has 1 saturated heterocycles. The number of rotatable bonds is 4. The van der Waals surface area contributed by atoms with Crippen molar-refractivity contribution in [1.29, 1.82) is 0 Å². The monoisotopic (exact) mass is 298 g/mol. The molecule has 0 aliphatic carbocycles. The molecule has 3 nitrogen and oxygen atoms in total. The van der Waals surface area contributed by atoms with Crippen LogP contribution in [-0.4, -0.2) is 21.0 Å². The lowest BCUT2D eigenvalue weighted by atomic mass is 9.94. The summed E-state index contributed by atoms with van der Waals surface area (Å²) in [4.78, 5) is 0. The summed E-state index contributed by atoms with van der Waals surface area (Å²) in [6.45, 7) is 13.0. The summed E-state index contributed by atoms with van der Waals surface area (Å²) < 4.78 is 8.42. The smallest absolute Gasteiger partial charge is 0.0858 e. The van der Waals surface area contributed by atoms with Gasteiger partial charge in [0.05, 0.1) is 28.8 Å². The van der Waals surface area contributed by atoms with Crippen molar-refractivity contribution in [2.45, 2.75) is 83.9 Å². The molecule has 1 aliphatic rings. The van der Waals surface area contributed by atoms with Gasteiger partial charge in [-0.1, -0.05) is 13.8 Å². The molecule has 0 amide bonds. The van der Waals surface area contributed by atoms with Crippen molar-refractivity contribution >= 4 is 11.6 Å². The third kappa shape index (κ3) is 2.62. The van der Waals surface area contributed by atoms with Crippen LogP contribution in [0.25, 0.3) is 0 Å². The molecule has 1 atom stereocenters. The van der Waals surface area contributed by atoms with Gasteiger partial charge in [-0.15, -0.1) is 11.6 Å². The predicted octanol–water partition coefficient (Wildman–Crippen LogP) is 4.27. The number of hydrogen-bond donors (Lipinski definition) is 0. The van der Waals surface area contributed by atoms with Gasteiger partial charge in [0.25, 0.3) is 0 Å². The minimum atomic E-state index is -0.200. The summed E-state index contributed by atoms with van der Waals surface area (Å²) >= 11 is 6.16. The van der Waals surface area contributed by atoms with Crippen molar-refractivity contribution in [1.82, 2.24) is 9.78 Å². The maximum atomic E-state index is 6.23. The Balaban J connectivity index is 2.50. The van der Waals surface area contributed by atoms with Gasteiger partial charge in [0.1, 0.15) is 0 Å². The molecule has 0 aromatic carbocycles. The minimum absolute atomic E-state index is 0.0986. The van der Waals surface area contributed by atoms with Crippen LogP contribution >= 0.6 is 11.6 Å². The Kier molecular flexibility index (Phi) is 4.23. The Labute approximate surface area is 127 Å². The Bertz CT molecular complexity index is 491. The Morgan fingerprint density at radius 1 is 1.25 bits per heavy atom. The number of halogens is 1. The molecule has 114 valence electrons. The van der Waals surface area contributed by atoms with E-state index in [4.69, 9.17) is 21.4 Å². The molecule has 1 aromatic heterocycles. The third-order valence-electron chi connectivity index (χ3n) is 4.33. The fraction of sp³-hybridized carbons (Fsp3) is 0.812. The van der Waals surface area contributed by atoms with E-state index < -0.39 is 0 Å². The fourth-order valence-electron chi connectivity index (χ4n) is 3.54. The third-order valence-corrected chi connectivity index (χ3v) is 4.59. The summed E-state index contributed by atoms with van der Waals surface area (Å²) in [5.41, 5.74) is 3.33. The molecule has 0 radical (unpaired) electrons. The summed E-state index contributed by atoms with van der Waals surface area (Å²) in [6, 6.07) is 0.273. The highest BCUT2D eigenvalue weighted by molar-refractivity contribution is 6.17. The molecule has 0 N–H and O–H groups in total. The lowest BCUT2D eigenvalue weighted by Crippen LogP contribution is -2.32. The van der Waals surface area contributed by atoms with E-state index in [0.29, 0.717) is 5.88 Å². The van der Waals surface area contributed by atoms with Crippen LogP contribution in [0.5, 0.6) is 0 Å². The summed E-state index contributed by atoms with van der Waals surface area (Å²) in [5.74, 6) is 0.545. The molecule has 1 aliphatic heterocycles. The highest BCUT2D eigenvalue weighted by Gasteiger charge is 2.48. The van der Waals surface area contributed by atoms with Crippen molar-refractivity contribution < 1.29 is 4.74 Å². The van der Waals surface area contributed by atoms with Gasteiger partial charge in [0.2, 0.25) is 0 Å². The number of aromatic nitrogens is 2. The molecule has 0 saturated carbocycles. The zero-order valence-electron chi connectivity index (χ0n) is 13.6. The van der Waals surface area contributed by atoms with Gasteiger partial charge in [-0.3, -0.25) is 4.68 Å². The Morgan fingerprint density at radius 3 is 2.30 bits per heavy atom. The molecule has 0 spiro atoms. The second-order valence-corrected chi connectivity index (χ2v) is 7.11. The van der Waals surface area contributed by atoms with Gasteiger partial charge < -0.3 is 4.74 Å². The SMILES string of the molecule is CCc1nn(C2CC(C)(C)OC2(C)C)c(CC)c1CCl. The minimum Gasteiger partial charge on any atom is -0.367 e. The van der Waals surface area contributed by atoms with Gasteiger partial charge >= 0.3 is 0 Å². The van der Waals surface area contributed by atoms with Crippen LogP contribution in [0.1, 0.15) is 71.0 Å². The second kappa shape index (κ2) is 5.34. The fourth-order valence-corrected chi connectivity index (χ4v) is 3.85. The number of aryl methyl sites for hydroxylation is 1. The van der Waals surface area contributed by atoms with E-state index in [1.165, 1.54) is 11.3 Å². The molecule has 2 heterocycles. The largest absolute Gasteiger partial charge is 0.367 e. The van der Waals surface area contributed by atoms with Crippen molar-refractivity contribution in [3.05, 3.63) is 17.0 Å². The van der Waals surface area contributed by atoms with Crippen molar-refractivity contribution in [3.8, 4) is 0 Å². The molecular weight excluding hydrogens is 272 g/mol. The average molecular weight is 299 g/mol. The van der Waals surface area contributed by atoms with Crippen molar-refractivity contribution in [2.24, 2.45) is 0 Å². The quantitative estimate of drug-likeness (QED) is 0.776. The summed E-state index contributed by atoms with van der Waals surface area (Å²) in [5, 5.41) is 4.87. The van der Waals surface area contributed by atoms with Gasteiger partial charge in [-0.05, 0) is 40.5 Å². The standard InChI is InChI=1S/C16H27ClN2O/c1-7-12-11(10-17)13(8-2)19(18-12)14-9-15(3,4)20-16(14,5)6/h14H,7-10H2,1-6H3. The van der Waals surface area contributed by atoms with Crippen LogP contribution in [0.2, 0.25) is 0 Å². The van der Waals surface area contributed by atoms with E-state index in [1.54, 1.807) is 0 Å². The molecule has 0 bridgehead atoms. The normalized spacial score (nSPS) is 24.2. The van der Waals surface area contributed by atoms with Crippen LogP contribution in [0.4, 0.5) is 0 Å². The molecule has 2 rings (SSSR count). The van der Waals surface area contributed by atoms with Crippen LogP contribution < -0.4 is 0 Å². The van der Waals surface area contributed by atoms with Crippen LogP contribution in [0.15, 0.2) is 0 Å². The molecule has 4 heteroatoms. The number of alkyl halides is 1. The first kappa shape index (κ1) is 15.8. The highest BCUT2D eigenvalue weighted by atomic mass is 35.5. The van der Waals surface area contributed by atoms with Crippen LogP contribution in [-0.2, 0) is 23.5 Å².